The molecule has 0 aliphatic carbocycles. The Morgan fingerprint density at radius 2 is 1.55 bits per heavy atom. The molecule has 130 valence electrons. The van der Waals surface area contributed by atoms with Crippen molar-refractivity contribution in [1.29, 1.82) is 0 Å². The van der Waals surface area contributed by atoms with E-state index in [9.17, 15) is 25.5 Å². The zero-order valence-corrected chi connectivity index (χ0v) is 12.7. The van der Waals surface area contributed by atoms with E-state index in [-0.39, 0.29) is 0 Å². The predicted octanol–water partition coefficient (Wildman–Crippen LogP) is -3.39. The first-order chi connectivity index (χ1) is 10.4. The van der Waals surface area contributed by atoms with Gasteiger partial charge in [0.05, 0.1) is 12.7 Å². The molecule has 0 aromatic heterocycles. The van der Waals surface area contributed by atoms with E-state index < -0.39 is 61.9 Å². The molecule has 2 rings (SSSR count). The molecule has 0 saturated carbocycles. The molecule has 2 fully saturated rings. The molecule has 2 aliphatic rings. The van der Waals surface area contributed by atoms with Crippen LogP contribution in [-0.4, -0.2) is 105 Å². The highest BCUT2D eigenvalue weighted by Gasteiger charge is 2.49. The number of hydrogen-bond acceptors (Lipinski definition) is 10. The Kier molecular flexibility index (Phi) is 6.42. The van der Waals surface area contributed by atoms with E-state index in [0.717, 1.165) is 0 Å². The third kappa shape index (κ3) is 3.56. The molecule has 0 aromatic rings. The first-order valence-corrected chi connectivity index (χ1v) is 8.26. The van der Waals surface area contributed by atoms with Gasteiger partial charge in [-0.15, -0.1) is 0 Å². The van der Waals surface area contributed by atoms with Crippen LogP contribution in [0.15, 0.2) is 0 Å². The van der Waals surface area contributed by atoms with Crippen molar-refractivity contribution in [3.05, 3.63) is 0 Å². The van der Waals surface area contributed by atoms with Crippen LogP contribution >= 0.6 is 11.8 Å². The van der Waals surface area contributed by atoms with Crippen LogP contribution in [0, 0.1) is 0 Å². The minimum absolute atomic E-state index is 0.430. The van der Waals surface area contributed by atoms with Crippen molar-refractivity contribution in [2.75, 3.05) is 18.6 Å². The minimum Gasteiger partial charge on any atom is -0.394 e. The molecule has 6 N–H and O–H groups in total. The molecule has 2 saturated heterocycles. The molecule has 0 amide bonds. The Bertz CT molecular complexity index is 359. The van der Waals surface area contributed by atoms with Crippen LogP contribution in [0.25, 0.3) is 0 Å². The third-order valence-corrected chi connectivity index (χ3v) is 4.45. The van der Waals surface area contributed by atoms with Crippen LogP contribution in [0.4, 0.5) is 0 Å². The van der Waals surface area contributed by atoms with E-state index in [2.05, 4.69) is 0 Å². The van der Waals surface area contributed by atoms with Crippen LogP contribution in [0.5, 0.6) is 0 Å². The van der Waals surface area contributed by atoms with Crippen molar-refractivity contribution >= 4 is 11.8 Å². The standard InChI is InChI=1S/C12H22O9S/c1-22-3-5-7(15)9(17)12(20-5)21-10-8(16)6(14)4(2-13)19-11(10)18/h4-18H,2-3H2,1H3/t4?,5-,6-,7?,8+,9+,10?,11+,12-/m1/s1. The van der Waals surface area contributed by atoms with E-state index in [1.54, 1.807) is 0 Å². The van der Waals surface area contributed by atoms with Gasteiger partial charge in [-0.05, 0) is 6.26 Å². The van der Waals surface area contributed by atoms with Gasteiger partial charge < -0.3 is 44.8 Å². The lowest BCUT2D eigenvalue weighted by Gasteiger charge is -2.40. The molecule has 2 heterocycles. The number of aliphatic hydroxyl groups excluding tert-OH is 6. The molecule has 22 heavy (non-hydrogen) atoms. The van der Waals surface area contributed by atoms with E-state index in [1.165, 1.54) is 11.8 Å². The molecule has 0 bridgehead atoms. The fourth-order valence-corrected chi connectivity index (χ4v) is 3.11. The van der Waals surface area contributed by atoms with Gasteiger partial charge in [-0.2, -0.15) is 11.8 Å². The second-order valence-corrected chi connectivity index (χ2v) is 6.22. The normalized spacial score (nSPS) is 49.5. The summed E-state index contributed by atoms with van der Waals surface area (Å²) in [7, 11) is 0. The summed E-state index contributed by atoms with van der Waals surface area (Å²) in [6.07, 6.45) is -9.81. The number of thioether (sulfide) groups is 1. The average molecular weight is 342 g/mol. The van der Waals surface area contributed by atoms with E-state index in [4.69, 9.17) is 19.3 Å². The van der Waals surface area contributed by atoms with Gasteiger partial charge >= 0.3 is 0 Å². The van der Waals surface area contributed by atoms with E-state index in [0.29, 0.717) is 5.75 Å². The van der Waals surface area contributed by atoms with Crippen molar-refractivity contribution in [3.8, 4) is 0 Å². The monoisotopic (exact) mass is 342 g/mol. The maximum Gasteiger partial charge on any atom is 0.187 e. The van der Waals surface area contributed by atoms with Gasteiger partial charge in [0.2, 0.25) is 0 Å². The first kappa shape index (κ1) is 18.3. The highest BCUT2D eigenvalue weighted by Crippen LogP contribution is 2.29. The summed E-state index contributed by atoms with van der Waals surface area (Å²) in [5.41, 5.74) is 0. The van der Waals surface area contributed by atoms with E-state index >= 15 is 0 Å². The largest absolute Gasteiger partial charge is 0.394 e. The second-order valence-electron chi connectivity index (χ2n) is 5.31. The van der Waals surface area contributed by atoms with Gasteiger partial charge in [-0.1, -0.05) is 0 Å². The summed E-state index contributed by atoms with van der Waals surface area (Å²) in [6.45, 7) is -0.584. The Morgan fingerprint density at radius 3 is 2.14 bits per heavy atom. The predicted molar refractivity (Wildman–Crippen MR) is 73.9 cm³/mol. The fraction of sp³-hybridized carbons (Fsp3) is 1.00. The summed E-state index contributed by atoms with van der Waals surface area (Å²) in [4.78, 5) is 0. The Hall–Kier alpha value is -0.0100. The number of rotatable bonds is 5. The quantitative estimate of drug-likeness (QED) is 0.299. The van der Waals surface area contributed by atoms with Gasteiger partial charge in [0.1, 0.15) is 36.6 Å². The van der Waals surface area contributed by atoms with Crippen LogP contribution in [-0.2, 0) is 14.2 Å². The van der Waals surface area contributed by atoms with Crippen molar-refractivity contribution < 1.29 is 44.8 Å². The average Bonchev–Trinajstić information content (AvgIpc) is 2.76. The van der Waals surface area contributed by atoms with E-state index in [1.807, 2.05) is 6.26 Å². The minimum atomic E-state index is -1.62. The van der Waals surface area contributed by atoms with Gasteiger partial charge in [-0.25, -0.2) is 0 Å². The smallest absolute Gasteiger partial charge is 0.187 e. The first-order valence-electron chi connectivity index (χ1n) is 6.87. The van der Waals surface area contributed by atoms with Crippen molar-refractivity contribution in [2.45, 2.75) is 55.3 Å². The maximum absolute atomic E-state index is 9.96. The number of ether oxygens (including phenoxy) is 3. The molecule has 9 nitrogen and oxygen atoms in total. The van der Waals surface area contributed by atoms with Gasteiger partial charge in [0, 0.05) is 5.75 Å². The highest BCUT2D eigenvalue weighted by molar-refractivity contribution is 7.98. The zero-order valence-electron chi connectivity index (χ0n) is 11.9. The fourth-order valence-electron chi connectivity index (χ4n) is 2.50. The van der Waals surface area contributed by atoms with Gasteiger partial charge in [0.15, 0.2) is 12.6 Å². The molecular weight excluding hydrogens is 320 g/mol. The summed E-state index contributed by atoms with van der Waals surface area (Å²) in [5, 5.41) is 58.3. The second kappa shape index (κ2) is 7.71. The third-order valence-electron chi connectivity index (χ3n) is 3.78. The molecule has 10 heteroatoms. The molecule has 3 unspecified atom stereocenters. The summed E-state index contributed by atoms with van der Waals surface area (Å²) in [6, 6.07) is 0. The molecule has 2 aliphatic heterocycles. The Morgan fingerprint density at radius 1 is 0.909 bits per heavy atom. The maximum atomic E-state index is 9.96. The van der Waals surface area contributed by atoms with Gasteiger partial charge in [-0.3, -0.25) is 0 Å². The number of hydrogen-bond donors (Lipinski definition) is 6. The Balaban J connectivity index is 2.00. The molecule has 0 spiro atoms. The lowest BCUT2D eigenvalue weighted by Crippen LogP contribution is -2.60. The van der Waals surface area contributed by atoms with Crippen LogP contribution in [0.3, 0.4) is 0 Å². The van der Waals surface area contributed by atoms with Crippen molar-refractivity contribution in [1.82, 2.24) is 0 Å². The molecule has 0 radical (unpaired) electrons. The molecule has 0 aromatic carbocycles. The zero-order chi connectivity index (χ0) is 16.4. The SMILES string of the molecule is CSC[C@H]1O[C@H](OC2[C@@H](O)[C@H](O)C(CO)O[C@@H]2O)[C@@H](O)C1O. The highest BCUT2D eigenvalue weighted by atomic mass is 32.2. The lowest BCUT2D eigenvalue weighted by atomic mass is 9.99. The van der Waals surface area contributed by atoms with Crippen molar-refractivity contribution in [2.24, 2.45) is 0 Å². The molecule has 9 atom stereocenters. The van der Waals surface area contributed by atoms with Crippen molar-refractivity contribution in [3.63, 3.8) is 0 Å². The van der Waals surface area contributed by atoms with Crippen LogP contribution in [0.1, 0.15) is 0 Å². The Labute approximate surface area is 131 Å². The summed E-state index contributed by atoms with van der Waals surface area (Å²) in [5.74, 6) is 0.430. The van der Waals surface area contributed by atoms with Gasteiger partial charge in [0.25, 0.3) is 0 Å². The van der Waals surface area contributed by atoms with Crippen LogP contribution < -0.4 is 0 Å². The van der Waals surface area contributed by atoms with Crippen LogP contribution in [0.2, 0.25) is 0 Å². The number of aliphatic hydroxyl groups is 6. The topological polar surface area (TPSA) is 149 Å². The lowest BCUT2D eigenvalue weighted by molar-refractivity contribution is -0.326. The summed E-state index contributed by atoms with van der Waals surface area (Å²) < 4.78 is 15.6. The summed E-state index contributed by atoms with van der Waals surface area (Å²) >= 11 is 1.41. The molecular formula is C12H22O9S.